The van der Waals surface area contributed by atoms with Crippen molar-refractivity contribution >= 4 is 16.9 Å². The Balaban J connectivity index is 1.93. The Morgan fingerprint density at radius 3 is 2.73 bits per heavy atom. The van der Waals surface area contributed by atoms with Gasteiger partial charge in [-0.3, -0.25) is 4.79 Å². The van der Waals surface area contributed by atoms with Gasteiger partial charge in [-0.25, -0.2) is 0 Å². The molecule has 1 aliphatic heterocycles. The molecule has 1 aromatic heterocycles. The summed E-state index contributed by atoms with van der Waals surface area (Å²) in [6, 6.07) is 5.44. The molecule has 1 amide bonds. The topological polar surface area (TPSA) is 51.9 Å². The zero-order valence-corrected chi connectivity index (χ0v) is 13.2. The number of hydrogen-bond acceptors (Lipinski definition) is 4. The van der Waals surface area contributed by atoms with Gasteiger partial charge in [0, 0.05) is 18.7 Å². The average molecular weight is 303 g/mol. The molecule has 1 fully saturated rings. The number of carbonyl (C=O) groups excluding carboxylic acids is 1. The van der Waals surface area contributed by atoms with Crippen LogP contribution in [-0.2, 0) is 4.74 Å². The standard InChI is InChI=1S/C17H21NO4/c1-4-20-15-7-13(8-16-14(15)5-6-21-16)17(19)18-9-11(2)22-12(3)10-18/h5-8,11-12H,4,9-10H2,1-3H3. The van der Waals surface area contributed by atoms with E-state index in [0.29, 0.717) is 36.6 Å². The molecular weight excluding hydrogens is 282 g/mol. The zero-order valence-electron chi connectivity index (χ0n) is 13.2. The van der Waals surface area contributed by atoms with Gasteiger partial charge in [0.1, 0.15) is 11.3 Å². The van der Waals surface area contributed by atoms with E-state index in [2.05, 4.69) is 0 Å². The number of fused-ring (bicyclic) bond motifs is 1. The van der Waals surface area contributed by atoms with E-state index in [4.69, 9.17) is 13.9 Å². The molecular formula is C17H21NO4. The summed E-state index contributed by atoms with van der Waals surface area (Å²) < 4.78 is 16.8. The second-order valence-electron chi connectivity index (χ2n) is 5.71. The highest BCUT2D eigenvalue weighted by Gasteiger charge is 2.27. The minimum absolute atomic E-state index is 0.0127. The first-order valence-corrected chi connectivity index (χ1v) is 7.67. The molecule has 0 bridgehead atoms. The van der Waals surface area contributed by atoms with Crippen LogP contribution in [0.25, 0.3) is 11.0 Å². The van der Waals surface area contributed by atoms with E-state index >= 15 is 0 Å². The van der Waals surface area contributed by atoms with Crippen molar-refractivity contribution in [2.75, 3.05) is 19.7 Å². The Hall–Kier alpha value is -2.01. The fourth-order valence-electron chi connectivity index (χ4n) is 2.96. The molecule has 2 unspecified atom stereocenters. The van der Waals surface area contributed by atoms with Crippen LogP contribution in [0.1, 0.15) is 31.1 Å². The highest BCUT2D eigenvalue weighted by molar-refractivity contribution is 5.99. The first-order chi connectivity index (χ1) is 10.6. The van der Waals surface area contributed by atoms with Crippen LogP contribution < -0.4 is 4.74 Å². The number of morpholine rings is 1. The van der Waals surface area contributed by atoms with Gasteiger partial charge < -0.3 is 18.8 Å². The van der Waals surface area contributed by atoms with Crippen molar-refractivity contribution in [3.05, 3.63) is 30.0 Å². The molecule has 0 saturated carbocycles. The van der Waals surface area contributed by atoms with Gasteiger partial charge in [-0.2, -0.15) is 0 Å². The lowest BCUT2D eigenvalue weighted by Crippen LogP contribution is -2.48. The van der Waals surface area contributed by atoms with Crippen molar-refractivity contribution in [1.29, 1.82) is 0 Å². The van der Waals surface area contributed by atoms with Crippen LogP contribution in [0.4, 0.5) is 0 Å². The SMILES string of the molecule is CCOc1cc(C(=O)N2CC(C)OC(C)C2)cc2occc12. The maximum atomic E-state index is 12.8. The summed E-state index contributed by atoms with van der Waals surface area (Å²) in [4.78, 5) is 14.6. The molecule has 1 saturated heterocycles. The van der Waals surface area contributed by atoms with Gasteiger partial charge in [-0.05, 0) is 39.0 Å². The monoisotopic (exact) mass is 303 g/mol. The summed E-state index contributed by atoms with van der Waals surface area (Å²) in [6.07, 6.45) is 1.71. The number of nitrogens with zero attached hydrogens (tertiary/aromatic N) is 1. The van der Waals surface area contributed by atoms with Gasteiger partial charge in [0.05, 0.1) is 30.5 Å². The average Bonchev–Trinajstić information content (AvgIpc) is 2.94. The number of carbonyl (C=O) groups is 1. The van der Waals surface area contributed by atoms with Crippen LogP contribution in [0.2, 0.25) is 0 Å². The molecule has 5 nitrogen and oxygen atoms in total. The van der Waals surface area contributed by atoms with Crippen LogP contribution >= 0.6 is 0 Å². The molecule has 118 valence electrons. The van der Waals surface area contributed by atoms with Gasteiger partial charge in [-0.1, -0.05) is 0 Å². The van der Waals surface area contributed by atoms with E-state index in [1.807, 2.05) is 31.7 Å². The summed E-state index contributed by atoms with van der Waals surface area (Å²) in [5, 5.41) is 0.891. The first kappa shape index (κ1) is 14.9. The van der Waals surface area contributed by atoms with E-state index in [1.54, 1.807) is 18.4 Å². The Kier molecular flexibility index (Phi) is 4.07. The summed E-state index contributed by atoms with van der Waals surface area (Å²) >= 11 is 0. The van der Waals surface area contributed by atoms with Gasteiger partial charge >= 0.3 is 0 Å². The Labute approximate surface area is 129 Å². The van der Waals surface area contributed by atoms with Crippen molar-refractivity contribution in [3.8, 4) is 5.75 Å². The summed E-state index contributed by atoms with van der Waals surface area (Å²) in [7, 11) is 0. The van der Waals surface area contributed by atoms with E-state index in [-0.39, 0.29) is 18.1 Å². The summed E-state index contributed by atoms with van der Waals surface area (Å²) in [6.45, 7) is 7.64. The van der Waals surface area contributed by atoms with Gasteiger partial charge in [0.25, 0.3) is 5.91 Å². The number of amides is 1. The normalized spacial score (nSPS) is 22.0. The van der Waals surface area contributed by atoms with Crippen molar-refractivity contribution in [2.45, 2.75) is 33.0 Å². The number of rotatable bonds is 3. The Morgan fingerprint density at radius 1 is 1.32 bits per heavy atom. The minimum Gasteiger partial charge on any atom is -0.493 e. The number of ether oxygens (including phenoxy) is 2. The van der Waals surface area contributed by atoms with Crippen molar-refractivity contribution < 1.29 is 18.7 Å². The molecule has 0 N–H and O–H groups in total. The second-order valence-corrected chi connectivity index (χ2v) is 5.71. The quantitative estimate of drug-likeness (QED) is 0.874. The molecule has 0 radical (unpaired) electrons. The van der Waals surface area contributed by atoms with E-state index in [9.17, 15) is 4.79 Å². The van der Waals surface area contributed by atoms with Crippen molar-refractivity contribution in [2.24, 2.45) is 0 Å². The van der Waals surface area contributed by atoms with Crippen molar-refractivity contribution in [1.82, 2.24) is 4.90 Å². The lowest BCUT2D eigenvalue weighted by atomic mass is 10.1. The van der Waals surface area contributed by atoms with E-state index < -0.39 is 0 Å². The largest absolute Gasteiger partial charge is 0.493 e. The lowest BCUT2D eigenvalue weighted by Gasteiger charge is -2.35. The van der Waals surface area contributed by atoms with Crippen LogP contribution in [0, 0.1) is 0 Å². The predicted molar refractivity (Wildman–Crippen MR) is 83.3 cm³/mol. The van der Waals surface area contributed by atoms with E-state index in [1.165, 1.54) is 0 Å². The van der Waals surface area contributed by atoms with E-state index in [0.717, 1.165) is 5.39 Å². The van der Waals surface area contributed by atoms with Crippen LogP contribution in [0.15, 0.2) is 28.9 Å². The fourth-order valence-corrected chi connectivity index (χ4v) is 2.96. The predicted octanol–water partition coefficient (Wildman–Crippen LogP) is 3.08. The summed E-state index contributed by atoms with van der Waals surface area (Å²) in [5.74, 6) is 0.674. The number of hydrogen-bond donors (Lipinski definition) is 0. The van der Waals surface area contributed by atoms with Crippen LogP contribution in [0.5, 0.6) is 5.75 Å². The Bertz CT molecular complexity index is 668. The molecule has 5 heteroatoms. The lowest BCUT2D eigenvalue weighted by molar-refractivity contribution is -0.0586. The molecule has 2 heterocycles. The molecule has 3 rings (SSSR count). The molecule has 1 aliphatic rings. The van der Waals surface area contributed by atoms with Crippen LogP contribution in [0.3, 0.4) is 0 Å². The van der Waals surface area contributed by atoms with Gasteiger partial charge in [0.15, 0.2) is 0 Å². The third-order valence-corrected chi connectivity index (χ3v) is 3.79. The van der Waals surface area contributed by atoms with Gasteiger partial charge in [0.2, 0.25) is 0 Å². The fraction of sp³-hybridized carbons (Fsp3) is 0.471. The molecule has 2 atom stereocenters. The van der Waals surface area contributed by atoms with Crippen molar-refractivity contribution in [3.63, 3.8) is 0 Å². The summed E-state index contributed by atoms with van der Waals surface area (Å²) in [5.41, 5.74) is 1.26. The highest BCUT2D eigenvalue weighted by Crippen LogP contribution is 2.29. The highest BCUT2D eigenvalue weighted by atomic mass is 16.5. The maximum Gasteiger partial charge on any atom is 0.254 e. The molecule has 0 aliphatic carbocycles. The molecule has 1 aromatic carbocycles. The zero-order chi connectivity index (χ0) is 15.7. The smallest absolute Gasteiger partial charge is 0.254 e. The third kappa shape index (κ3) is 2.81. The Morgan fingerprint density at radius 2 is 2.05 bits per heavy atom. The molecule has 22 heavy (non-hydrogen) atoms. The van der Waals surface area contributed by atoms with Crippen LogP contribution in [-0.4, -0.2) is 42.7 Å². The first-order valence-electron chi connectivity index (χ1n) is 7.67. The second kappa shape index (κ2) is 6.01. The van der Waals surface area contributed by atoms with Gasteiger partial charge in [-0.15, -0.1) is 0 Å². The third-order valence-electron chi connectivity index (χ3n) is 3.79. The molecule has 2 aromatic rings. The maximum absolute atomic E-state index is 12.8. The molecule has 0 spiro atoms. The number of benzene rings is 1. The minimum atomic E-state index is -0.0127. The number of furan rings is 1.